The molecule has 0 amide bonds. The molecule has 0 heterocycles. The summed E-state index contributed by atoms with van der Waals surface area (Å²) in [5.74, 6) is 0. The van der Waals surface area contributed by atoms with Crippen LogP contribution in [0.5, 0.6) is 0 Å². The molecule has 258 valence electrons. The van der Waals surface area contributed by atoms with Crippen molar-refractivity contribution in [2.45, 2.75) is 6.42 Å². The van der Waals surface area contributed by atoms with Crippen LogP contribution in [-0.2, 0) is 6.42 Å². The lowest BCUT2D eigenvalue weighted by Crippen LogP contribution is -2.10. The number of rotatable bonds is 6. The van der Waals surface area contributed by atoms with Crippen LogP contribution >= 0.6 is 0 Å². The van der Waals surface area contributed by atoms with E-state index in [0.717, 1.165) is 40.5 Å². The normalized spacial score (nSPS) is 11.9. The molecule has 0 aromatic heterocycles. The highest BCUT2D eigenvalue weighted by Gasteiger charge is 2.24. The highest BCUT2D eigenvalue weighted by atomic mass is 15.1. The molecule has 0 atom stereocenters. The summed E-state index contributed by atoms with van der Waals surface area (Å²) in [6.07, 6.45) is 0.897. The minimum absolute atomic E-state index is 0.897. The predicted octanol–water partition coefficient (Wildman–Crippen LogP) is 14.8. The molecular formula is C53H36N2. The molecule has 0 spiro atoms. The van der Waals surface area contributed by atoms with Crippen LogP contribution in [0.3, 0.4) is 0 Å². The maximum atomic E-state index is 2.41. The van der Waals surface area contributed by atoms with Gasteiger partial charge in [-0.2, -0.15) is 0 Å². The van der Waals surface area contributed by atoms with E-state index in [2.05, 4.69) is 216 Å². The van der Waals surface area contributed by atoms with Crippen LogP contribution in [-0.4, -0.2) is 0 Å². The van der Waals surface area contributed by atoms with E-state index in [1.807, 2.05) is 0 Å². The van der Waals surface area contributed by atoms with Crippen molar-refractivity contribution < 1.29 is 0 Å². The van der Waals surface area contributed by atoms with Gasteiger partial charge < -0.3 is 9.80 Å². The average Bonchev–Trinajstić information content (AvgIpc) is 3.61. The first-order valence-corrected chi connectivity index (χ1v) is 19.0. The van der Waals surface area contributed by atoms with Gasteiger partial charge in [-0.15, -0.1) is 0 Å². The number of nitrogens with zero attached hydrogens (tertiary/aromatic N) is 2. The van der Waals surface area contributed by atoms with Gasteiger partial charge in [-0.1, -0.05) is 133 Å². The average molecular weight is 701 g/mol. The molecule has 11 rings (SSSR count). The monoisotopic (exact) mass is 700 g/mol. The lowest BCUT2D eigenvalue weighted by atomic mass is 10.0. The Morgan fingerprint density at radius 2 is 0.564 bits per heavy atom. The van der Waals surface area contributed by atoms with Crippen LogP contribution in [0.25, 0.3) is 54.2 Å². The van der Waals surface area contributed by atoms with Crippen molar-refractivity contribution in [2.24, 2.45) is 0 Å². The topological polar surface area (TPSA) is 6.48 Å². The number of hydrogen-bond donors (Lipinski definition) is 0. The first-order chi connectivity index (χ1) is 27.2. The molecule has 0 saturated carbocycles. The summed E-state index contributed by atoms with van der Waals surface area (Å²) in [7, 11) is 0. The molecule has 0 fully saturated rings. The number of hydrogen-bond acceptors (Lipinski definition) is 2. The summed E-state index contributed by atoms with van der Waals surface area (Å²) < 4.78 is 0. The molecule has 10 aromatic rings. The van der Waals surface area contributed by atoms with E-state index in [9.17, 15) is 0 Å². The Morgan fingerprint density at radius 3 is 0.982 bits per heavy atom. The standard InChI is InChI=1S/C53H36N2/c1-5-13-40-30-46(22-17-36(40)9-1)54(47-23-18-37-10-2-6-14-41(37)31-47)50-27-28-52-45(34-50)29-44-21-26-51(35-53(44)52)55(48-24-19-38-11-3-7-15-42(38)32-48)49-25-20-39-12-4-8-16-43(39)33-49/h1-28,30-35H,29H2. The molecule has 1 aliphatic rings. The van der Waals surface area contributed by atoms with Gasteiger partial charge in [-0.25, -0.2) is 0 Å². The third-order valence-corrected chi connectivity index (χ3v) is 11.3. The van der Waals surface area contributed by atoms with Crippen molar-refractivity contribution in [1.82, 2.24) is 0 Å². The van der Waals surface area contributed by atoms with Crippen molar-refractivity contribution in [3.8, 4) is 11.1 Å². The van der Waals surface area contributed by atoms with Gasteiger partial charge in [-0.05, 0) is 145 Å². The Morgan fingerprint density at radius 1 is 0.236 bits per heavy atom. The third-order valence-electron chi connectivity index (χ3n) is 11.3. The van der Waals surface area contributed by atoms with Crippen LogP contribution < -0.4 is 9.80 Å². The smallest absolute Gasteiger partial charge is 0.0468 e. The Bertz CT molecular complexity index is 2950. The Labute approximate surface area is 320 Å². The van der Waals surface area contributed by atoms with Crippen molar-refractivity contribution in [3.63, 3.8) is 0 Å². The molecule has 0 aliphatic heterocycles. The molecule has 0 unspecified atom stereocenters. The summed E-state index contributed by atoms with van der Waals surface area (Å²) >= 11 is 0. The van der Waals surface area contributed by atoms with Gasteiger partial charge in [0.1, 0.15) is 0 Å². The molecule has 1 aliphatic carbocycles. The van der Waals surface area contributed by atoms with Crippen molar-refractivity contribution >= 4 is 77.2 Å². The van der Waals surface area contributed by atoms with Gasteiger partial charge >= 0.3 is 0 Å². The minimum Gasteiger partial charge on any atom is -0.310 e. The second-order valence-electron chi connectivity index (χ2n) is 14.7. The fourth-order valence-corrected chi connectivity index (χ4v) is 8.60. The Kier molecular flexibility index (Phi) is 7.28. The summed E-state index contributed by atoms with van der Waals surface area (Å²) in [5.41, 5.74) is 12.2. The SMILES string of the molecule is c1ccc2cc(N(c3ccc4c(c3)Cc3ccc(N(c5ccc6ccccc6c5)c5ccc6ccccc6c5)cc3-4)c3ccc4ccccc4c3)ccc2c1. The van der Waals surface area contributed by atoms with E-state index in [-0.39, 0.29) is 0 Å². The highest BCUT2D eigenvalue weighted by molar-refractivity contribution is 5.96. The zero-order chi connectivity index (χ0) is 36.3. The predicted molar refractivity (Wildman–Crippen MR) is 234 cm³/mol. The molecule has 10 aromatic carbocycles. The first-order valence-electron chi connectivity index (χ1n) is 19.0. The van der Waals surface area contributed by atoms with E-state index >= 15 is 0 Å². The maximum Gasteiger partial charge on any atom is 0.0468 e. The van der Waals surface area contributed by atoms with Gasteiger partial charge in [0.05, 0.1) is 0 Å². The second kappa shape index (κ2) is 12.8. The van der Waals surface area contributed by atoms with Crippen LogP contribution in [0.15, 0.2) is 206 Å². The molecule has 0 bridgehead atoms. The minimum atomic E-state index is 0.897. The first kappa shape index (κ1) is 31.4. The fraction of sp³-hybridized carbons (Fsp3) is 0.0189. The molecule has 0 radical (unpaired) electrons. The van der Waals surface area contributed by atoms with Crippen LogP contribution in [0.4, 0.5) is 34.1 Å². The molecule has 55 heavy (non-hydrogen) atoms. The second-order valence-corrected chi connectivity index (χ2v) is 14.7. The van der Waals surface area contributed by atoms with Crippen LogP contribution in [0.1, 0.15) is 11.1 Å². The molecule has 2 nitrogen and oxygen atoms in total. The Balaban J connectivity index is 1.03. The largest absolute Gasteiger partial charge is 0.310 e. The zero-order valence-corrected chi connectivity index (χ0v) is 30.2. The third kappa shape index (κ3) is 5.50. The van der Waals surface area contributed by atoms with Crippen LogP contribution in [0.2, 0.25) is 0 Å². The number of fused-ring (bicyclic) bond motifs is 7. The summed E-state index contributed by atoms with van der Waals surface area (Å²) in [6.45, 7) is 0. The summed E-state index contributed by atoms with van der Waals surface area (Å²) in [4.78, 5) is 4.82. The molecular weight excluding hydrogens is 665 g/mol. The number of anilines is 6. The lowest BCUT2D eigenvalue weighted by Gasteiger charge is -2.27. The van der Waals surface area contributed by atoms with Crippen LogP contribution in [0, 0.1) is 0 Å². The number of benzene rings is 10. The quantitative estimate of drug-likeness (QED) is 0.170. The van der Waals surface area contributed by atoms with Gasteiger partial charge in [0.15, 0.2) is 0 Å². The van der Waals surface area contributed by atoms with Gasteiger partial charge in [0.2, 0.25) is 0 Å². The van der Waals surface area contributed by atoms with Crippen molar-refractivity contribution in [2.75, 3.05) is 9.80 Å². The van der Waals surface area contributed by atoms with E-state index in [4.69, 9.17) is 0 Å². The highest BCUT2D eigenvalue weighted by Crippen LogP contribution is 2.46. The maximum absolute atomic E-state index is 2.41. The van der Waals surface area contributed by atoms with Gasteiger partial charge in [0, 0.05) is 34.1 Å². The van der Waals surface area contributed by atoms with Gasteiger partial charge in [0.25, 0.3) is 0 Å². The summed E-state index contributed by atoms with van der Waals surface area (Å²) in [5, 5.41) is 9.88. The Hall–Kier alpha value is -7.16. The van der Waals surface area contributed by atoms with Crippen molar-refractivity contribution in [1.29, 1.82) is 0 Å². The molecule has 2 heteroatoms. The fourth-order valence-electron chi connectivity index (χ4n) is 8.60. The van der Waals surface area contributed by atoms with E-state index in [1.165, 1.54) is 65.3 Å². The molecule has 0 saturated heterocycles. The van der Waals surface area contributed by atoms with Crippen molar-refractivity contribution in [3.05, 3.63) is 217 Å². The lowest BCUT2D eigenvalue weighted by molar-refractivity contribution is 1.23. The van der Waals surface area contributed by atoms with Gasteiger partial charge in [-0.3, -0.25) is 0 Å². The van der Waals surface area contributed by atoms with E-state index < -0.39 is 0 Å². The zero-order valence-electron chi connectivity index (χ0n) is 30.2. The van der Waals surface area contributed by atoms with E-state index in [1.54, 1.807) is 0 Å². The molecule has 0 N–H and O–H groups in total. The van der Waals surface area contributed by atoms with E-state index in [0.29, 0.717) is 0 Å². The summed E-state index contributed by atoms with van der Waals surface area (Å²) in [6, 6.07) is 75.7.